The van der Waals surface area contributed by atoms with Crippen LogP contribution in [0.5, 0.6) is 0 Å². The molecule has 4 aliphatic rings. The average molecular weight is 411 g/mol. The van der Waals surface area contributed by atoms with Crippen LogP contribution in [0.1, 0.15) is 62.7 Å². The first-order chi connectivity index (χ1) is 12.7. The summed E-state index contributed by atoms with van der Waals surface area (Å²) in [6.07, 6.45) is 7.00. The molecular weight excluding hydrogens is 384 g/mol. The topological polar surface area (TPSA) is 75.3 Å². The summed E-state index contributed by atoms with van der Waals surface area (Å²) < 4.78 is 27.5. The average Bonchev–Trinajstić information content (AvgIpc) is 2.51. The highest BCUT2D eigenvalue weighted by atomic mass is 35.5. The van der Waals surface area contributed by atoms with E-state index in [2.05, 4.69) is 10.0 Å². The fraction of sp³-hybridized carbons (Fsp3) is 0.650. The van der Waals surface area contributed by atoms with E-state index < -0.39 is 10.0 Å². The summed E-state index contributed by atoms with van der Waals surface area (Å²) in [5.74, 6) is 1.89. The molecule has 0 atom stereocenters. The van der Waals surface area contributed by atoms with E-state index in [1.165, 1.54) is 37.5 Å². The highest BCUT2D eigenvalue weighted by molar-refractivity contribution is 7.89. The number of carbonyl (C=O) groups is 1. The fourth-order valence-corrected chi connectivity index (χ4v) is 7.28. The Bertz CT molecular complexity index is 831. The Hall–Kier alpha value is -1.11. The Morgan fingerprint density at radius 1 is 1.11 bits per heavy atom. The summed E-state index contributed by atoms with van der Waals surface area (Å²) in [6.45, 7) is 3.52. The van der Waals surface area contributed by atoms with E-state index in [-0.39, 0.29) is 33.0 Å². The first kappa shape index (κ1) is 19.2. The van der Waals surface area contributed by atoms with Gasteiger partial charge in [-0.2, -0.15) is 0 Å². The number of amides is 1. The maximum absolute atomic E-state index is 13.0. The summed E-state index contributed by atoms with van der Waals surface area (Å²) >= 11 is 6.26. The van der Waals surface area contributed by atoms with Gasteiger partial charge >= 0.3 is 0 Å². The lowest BCUT2D eigenvalue weighted by molar-refractivity contribution is -0.0167. The molecule has 1 amide bonds. The number of carbonyl (C=O) groups excluding carboxylic acids is 1. The van der Waals surface area contributed by atoms with Crippen LogP contribution in [0.25, 0.3) is 0 Å². The van der Waals surface area contributed by atoms with Crippen molar-refractivity contribution in [3.8, 4) is 0 Å². The van der Waals surface area contributed by atoms with Gasteiger partial charge in [-0.25, -0.2) is 13.1 Å². The van der Waals surface area contributed by atoms with Crippen molar-refractivity contribution < 1.29 is 13.2 Å². The van der Waals surface area contributed by atoms with Gasteiger partial charge in [0.15, 0.2) is 0 Å². The molecule has 7 heteroatoms. The van der Waals surface area contributed by atoms with Crippen molar-refractivity contribution in [1.82, 2.24) is 10.0 Å². The molecule has 0 saturated heterocycles. The number of halogens is 1. The molecule has 0 radical (unpaired) electrons. The van der Waals surface area contributed by atoms with E-state index in [9.17, 15) is 13.2 Å². The van der Waals surface area contributed by atoms with E-state index in [1.807, 2.05) is 0 Å². The second-order valence-electron chi connectivity index (χ2n) is 9.07. The molecule has 2 N–H and O–H groups in total. The van der Waals surface area contributed by atoms with E-state index in [1.54, 1.807) is 13.8 Å². The zero-order chi connectivity index (χ0) is 19.4. The van der Waals surface area contributed by atoms with Gasteiger partial charge in [0.1, 0.15) is 0 Å². The van der Waals surface area contributed by atoms with Crippen LogP contribution < -0.4 is 10.0 Å². The Labute approximate surface area is 166 Å². The summed E-state index contributed by atoms with van der Waals surface area (Å²) in [6, 6.07) is 4.10. The minimum Gasteiger partial charge on any atom is -0.347 e. The third kappa shape index (κ3) is 3.76. The SMILES string of the molecule is CC(C)NS(=O)(=O)c1ccc(Cl)c(C(=O)NC23CC4CC(CC(C4)C2)C3)c1. The van der Waals surface area contributed by atoms with Gasteiger partial charge < -0.3 is 5.32 Å². The third-order valence-electron chi connectivity index (χ3n) is 6.30. The molecule has 148 valence electrons. The molecule has 0 spiro atoms. The predicted molar refractivity (Wildman–Crippen MR) is 105 cm³/mol. The number of hydrogen-bond donors (Lipinski definition) is 2. The summed E-state index contributed by atoms with van der Waals surface area (Å²) in [4.78, 5) is 13.1. The molecule has 4 fully saturated rings. The molecule has 0 aliphatic heterocycles. The zero-order valence-electron chi connectivity index (χ0n) is 15.8. The molecule has 1 aromatic rings. The first-order valence-corrected chi connectivity index (χ1v) is 11.7. The van der Waals surface area contributed by atoms with Crippen molar-refractivity contribution in [1.29, 1.82) is 0 Å². The van der Waals surface area contributed by atoms with Crippen LogP contribution in [0.4, 0.5) is 0 Å². The quantitative estimate of drug-likeness (QED) is 0.776. The van der Waals surface area contributed by atoms with Gasteiger partial charge in [0.25, 0.3) is 5.91 Å². The van der Waals surface area contributed by atoms with Gasteiger partial charge in [-0.15, -0.1) is 0 Å². The van der Waals surface area contributed by atoms with Crippen molar-refractivity contribution in [2.45, 2.75) is 68.8 Å². The van der Waals surface area contributed by atoms with Crippen LogP contribution in [0, 0.1) is 17.8 Å². The van der Waals surface area contributed by atoms with E-state index >= 15 is 0 Å². The second-order valence-corrected chi connectivity index (χ2v) is 11.2. The lowest BCUT2D eigenvalue weighted by Crippen LogP contribution is -2.59. The maximum Gasteiger partial charge on any atom is 0.253 e. The predicted octanol–water partition coefficient (Wildman–Crippen LogP) is 3.73. The van der Waals surface area contributed by atoms with Crippen LogP contribution >= 0.6 is 11.6 Å². The molecule has 1 aromatic carbocycles. The van der Waals surface area contributed by atoms with Crippen molar-refractivity contribution in [2.24, 2.45) is 17.8 Å². The van der Waals surface area contributed by atoms with Gasteiger partial charge in [-0.1, -0.05) is 11.6 Å². The van der Waals surface area contributed by atoms with Crippen LogP contribution in [-0.2, 0) is 10.0 Å². The first-order valence-electron chi connectivity index (χ1n) is 9.80. The highest BCUT2D eigenvalue weighted by Crippen LogP contribution is 2.55. The van der Waals surface area contributed by atoms with Crippen LogP contribution in [0.15, 0.2) is 23.1 Å². The number of nitrogens with one attached hydrogen (secondary N) is 2. The van der Waals surface area contributed by atoms with Crippen LogP contribution in [0.3, 0.4) is 0 Å². The van der Waals surface area contributed by atoms with Crippen molar-refractivity contribution >= 4 is 27.5 Å². The number of benzene rings is 1. The minimum atomic E-state index is -3.67. The van der Waals surface area contributed by atoms with Gasteiger partial charge in [0.05, 0.1) is 15.5 Å². The maximum atomic E-state index is 13.0. The molecule has 4 saturated carbocycles. The minimum absolute atomic E-state index is 0.0660. The van der Waals surface area contributed by atoms with Crippen LogP contribution in [-0.4, -0.2) is 25.9 Å². The van der Waals surface area contributed by atoms with Crippen LogP contribution in [0.2, 0.25) is 5.02 Å². The Balaban J connectivity index is 1.58. The molecule has 4 aliphatic carbocycles. The standard InChI is InChI=1S/C20H27ClN2O3S/c1-12(2)23-27(25,26)16-3-4-18(21)17(8-16)19(24)22-20-9-13-5-14(10-20)7-15(6-13)11-20/h3-4,8,12-15,23H,5-7,9-11H2,1-2H3,(H,22,24). The Morgan fingerprint density at radius 2 is 1.67 bits per heavy atom. The van der Waals surface area contributed by atoms with Crippen molar-refractivity contribution in [3.05, 3.63) is 28.8 Å². The molecule has 27 heavy (non-hydrogen) atoms. The molecular formula is C20H27ClN2O3S. The van der Waals surface area contributed by atoms with E-state index in [4.69, 9.17) is 11.6 Å². The lowest BCUT2D eigenvalue weighted by atomic mass is 9.53. The lowest BCUT2D eigenvalue weighted by Gasteiger charge is -2.56. The van der Waals surface area contributed by atoms with Crippen molar-refractivity contribution in [2.75, 3.05) is 0 Å². The summed E-state index contributed by atoms with van der Waals surface area (Å²) in [5, 5.41) is 3.54. The van der Waals surface area contributed by atoms with Gasteiger partial charge in [-0.3, -0.25) is 4.79 Å². The fourth-order valence-electron chi connectivity index (χ4n) is 5.80. The number of rotatable bonds is 5. The monoisotopic (exact) mass is 410 g/mol. The molecule has 0 heterocycles. The number of hydrogen-bond acceptors (Lipinski definition) is 3. The van der Waals surface area contributed by atoms with Gasteiger partial charge in [0, 0.05) is 11.6 Å². The largest absolute Gasteiger partial charge is 0.347 e. The molecule has 0 aromatic heterocycles. The molecule has 5 nitrogen and oxygen atoms in total. The Morgan fingerprint density at radius 3 is 2.19 bits per heavy atom. The van der Waals surface area contributed by atoms with E-state index in [0.717, 1.165) is 19.3 Å². The molecule has 0 unspecified atom stereocenters. The summed E-state index contributed by atoms with van der Waals surface area (Å²) in [7, 11) is -3.67. The third-order valence-corrected chi connectivity index (χ3v) is 8.29. The van der Waals surface area contributed by atoms with Crippen molar-refractivity contribution in [3.63, 3.8) is 0 Å². The van der Waals surface area contributed by atoms with Gasteiger partial charge in [-0.05, 0) is 88.3 Å². The number of sulfonamides is 1. The molecule has 4 bridgehead atoms. The molecule has 5 rings (SSSR count). The Kier molecular flexibility index (Phi) is 4.80. The van der Waals surface area contributed by atoms with Gasteiger partial charge in [0.2, 0.25) is 10.0 Å². The van der Waals surface area contributed by atoms with E-state index in [0.29, 0.717) is 17.8 Å². The smallest absolute Gasteiger partial charge is 0.253 e. The second kappa shape index (κ2) is 6.75. The highest BCUT2D eigenvalue weighted by Gasteiger charge is 2.51. The summed E-state index contributed by atoms with van der Waals surface area (Å²) in [5.41, 5.74) is 0.0966. The zero-order valence-corrected chi connectivity index (χ0v) is 17.4. The normalized spacial score (nSPS) is 32.1.